The molecule has 64 valence electrons. The molecule has 4 nitrogen and oxygen atoms in total. The van der Waals surface area contributed by atoms with Crippen molar-refractivity contribution in [3.63, 3.8) is 0 Å². The SMILES string of the molecule is CC.CC(C)(O)c1ncon1. The lowest BCUT2D eigenvalue weighted by atomic mass is 10.1. The van der Waals surface area contributed by atoms with Gasteiger partial charge in [-0.05, 0) is 13.8 Å². The molecule has 0 fully saturated rings. The van der Waals surface area contributed by atoms with Crippen molar-refractivity contribution in [3.05, 3.63) is 12.2 Å². The zero-order valence-corrected chi connectivity index (χ0v) is 7.33. The number of nitrogens with zero attached hydrogens (tertiary/aromatic N) is 2. The van der Waals surface area contributed by atoms with Gasteiger partial charge in [0.1, 0.15) is 5.60 Å². The molecule has 0 saturated heterocycles. The first kappa shape index (κ1) is 10.1. The normalized spacial score (nSPS) is 10.3. The summed E-state index contributed by atoms with van der Waals surface area (Å²) in [6.07, 6.45) is 1.19. The van der Waals surface area contributed by atoms with Crippen LogP contribution in [0.25, 0.3) is 0 Å². The number of hydrogen-bond donors (Lipinski definition) is 1. The highest BCUT2D eigenvalue weighted by Crippen LogP contribution is 2.12. The van der Waals surface area contributed by atoms with Crippen molar-refractivity contribution in [3.8, 4) is 0 Å². The molecule has 11 heavy (non-hydrogen) atoms. The first-order valence-corrected chi connectivity index (χ1v) is 3.60. The monoisotopic (exact) mass is 158 g/mol. The Morgan fingerprint density at radius 2 is 2.00 bits per heavy atom. The fraction of sp³-hybridized carbons (Fsp3) is 0.714. The summed E-state index contributed by atoms with van der Waals surface area (Å²) in [5.41, 5.74) is -0.993. The molecule has 0 aliphatic carbocycles. The van der Waals surface area contributed by atoms with E-state index >= 15 is 0 Å². The first-order valence-electron chi connectivity index (χ1n) is 3.60. The van der Waals surface area contributed by atoms with E-state index in [1.165, 1.54) is 6.39 Å². The van der Waals surface area contributed by atoms with Gasteiger partial charge in [0.05, 0.1) is 0 Å². The molecule has 0 spiro atoms. The van der Waals surface area contributed by atoms with Gasteiger partial charge in [-0.15, -0.1) is 0 Å². The van der Waals surface area contributed by atoms with Crippen LogP contribution in [0.3, 0.4) is 0 Å². The number of aliphatic hydroxyl groups is 1. The van der Waals surface area contributed by atoms with Crippen LogP contribution in [0.5, 0.6) is 0 Å². The van der Waals surface area contributed by atoms with Crippen molar-refractivity contribution in [1.29, 1.82) is 0 Å². The molecule has 0 aliphatic heterocycles. The average molecular weight is 158 g/mol. The van der Waals surface area contributed by atoms with Crippen molar-refractivity contribution in [2.45, 2.75) is 33.3 Å². The van der Waals surface area contributed by atoms with Gasteiger partial charge in [0.2, 0.25) is 12.2 Å². The topological polar surface area (TPSA) is 59.2 Å². The van der Waals surface area contributed by atoms with E-state index < -0.39 is 5.60 Å². The van der Waals surface area contributed by atoms with Gasteiger partial charge < -0.3 is 9.63 Å². The van der Waals surface area contributed by atoms with Crippen LogP contribution >= 0.6 is 0 Å². The minimum absolute atomic E-state index is 0.308. The summed E-state index contributed by atoms with van der Waals surface area (Å²) < 4.78 is 4.42. The van der Waals surface area contributed by atoms with Gasteiger partial charge in [-0.25, -0.2) is 0 Å². The summed E-state index contributed by atoms with van der Waals surface area (Å²) in [4.78, 5) is 3.66. The smallest absolute Gasteiger partial charge is 0.213 e. The van der Waals surface area contributed by atoms with E-state index in [2.05, 4.69) is 14.7 Å². The Balaban J connectivity index is 0.000000461. The molecule has 0 radical (unpaired) electrons. The van der Waals surface area contributed by atoms with Gasteiger partial charge in [-0.3, -0.25) is 0 Å². The molecular formula is C7H14N2O2. The summed E-state index contributed by atoms with van der Waals surface area (Å²) in [7, 11) is 0. The molecule has 0 bridgehead atoms. The Labute approximate surface area is 66.2 Å². The van der Waals surface area contributed by atoms with E-state index in [1.807, 2.05) is 13.8 Å². The average Bonchev–Trinajstić information content (AvgIpc) is 2.40. The van der Waals surface area contributed by atoms with Crippen LogP contribution in [0.2, 0.25) is 0 Å². The van der Waals surface area contributed by atoms with Gasteiger partial charge in [0, 0.05) is 0 Å². The second-order valence-corrected chi connectivity index (χ2v) is 2.31. The fourth-order valence-electron chi connectivity index (χ4n) is 0.440. The third kappa shape index (κ3) is 3.13. The summed E-state index contributed by atoms with van der Waals surface area (Å²) in [5.74, 6) is 0.308. The Kier molecular flexibility index (Phi) is 3.74. The van der Waals surface area contributed by atoms with Crippen molar-refractivity contribution < 1.29 is 9.63 Å². The minimum Gasteiger partial charge on any atom is -0.382 e. The number of aromatic nitrogens is 2. The van der Waals surface area contributed by atoms with Crippen LogP contribution in [0, 0.1) is 0 Å². The molecule has 0 aliphatic rings. The maximum atomic E-state index is 9.19. The van der Waals surface area contributed by atoms with Crippen LogP contribution in [-0.2, 0) is 5.60 Å². The molecule has 1 aromatic rings. The predicted octanol–water partition coefficient (Wildman–Crippen LogP) is 1.32. The summed E-state index contributed by atoms with van der Waals surface area (Å²) in [6.45, 7) is 7.19. The molecule has 1 rings (SSSR count). The molecule has 0 amide bonds. The van der Waals surface area contributed by atoms with E-state index in [-0.39, 0.29) is 0 Å². The summed E-state index contributed by atoms with van der Waals surface area (Å²) in [6, 6.07) is 0. The number of rotatable bonds is 1. The largest absolute Gasteiger partial charge is 0.382 e. The van der Waals surface area contributed by atoms with Gasteiger partial charge >= 0.3 is 0 Å². The quantitative estimate of drug-likeness (QED) is 0.669. The van der Waals surface area contributed by atoms with E-state index in [4.69, 9.17) is 0 Å². The molecular weight excluding hydrogens is 144 g/mol. The Morgan fingerprint density at radius 3 is 2.18 bits per heavy atom. The van der Waals surface area contributed by atoms with Gasteiger partial charge in [0.25, 0.3) is 0 Å². The van der Waals surface area contributed by atoms with Gasteiger partial charge in [-0.1, -0.05) is 19.0 Å². The lowest BCUT2D eigenvalue weighted by Crippen LogP contribution is -2.17. The van der Waals surface area contributed by atoms with Gasteiger partial charge in [-0.2, -0.15) is 4.98 Å². The van der Waals surface area contributed by atoms with Crippen molar-refractivity contribution in [2.24, 2.45) is 0 Å². The molecule has 1 aromatic heterocycles. The second-order valence-electron chi connectivity index (χ2n) is 2.31. The van der Waals surface area contributed by atoms with Gasteiger partial charge in [0.15, 0.2) is 0 Å². The Bertz CT molecular complexity index is 177. The second kappa shape index (κ2) is 4.08. The van der Waals surface area contributed by atoms with Crippen LogP contribution in [0.1, 0.15) is 33.5 Å². The van der Waals surface area contributed by atoms with Crippen LogP contribution in [-0.4, -0.2) is 15.2 Å². The van der Waals surface area contributed by atoms with Crippen molar-refractivity contribution in [2.75, 3.05) is 0 Å². The Hall–Kier alpha value is -0.900. The van der Waals surface area contributed by atoms with E-state index in [1.54, 1.807) is 13.8 Å². The molecule has 0 aromatic carbocycles. The van der Waals surface area contributed by atoms with Crippen LogP contribution < -0.4 is 0 Å². The predicted molar refractivity (Wildman–Crippen MR) is 40.9 cm³/mol. The zero-order chi connectivity index (χ0) is 8.91. The third-order valence-corrected chi connectivity index (χ3v) is 0.909. The van der Waals surface area contributed by atoms with Crippen LogP contribution in [0.15, 0.2) is 10.9 Å². The highest BCUT2D eigenvalue weighted by atomic mass is 16.5. The van der Waals surface area contributed by atoms with E-state index in [0.29, 0.717) is 5.82 Å². The molecule has 0 unspecified atom stereocenters. The standard InChI is InChI=1S/C5H8N2O2.C2H6/c1-5(2,8)4-6-3-9-7-4;1-2/h3,8H,1-2H3;1-2H3. The molecule has 1 N–H and O–H groups in total. The molecule has 1 heterocycles. The van der Waals surface area contributed by atoms with Crippen molar-refractivity contribution >= 4 is 0 Å². The Morgan fingerprint density at radius 1 is 1.45 bits per heavy atom. The maximum Gasteiger partial charge on any atom is 0.213 e. The van der Waals surface area contributed by atoms with E-state index in [9.17, 15) is 5.11 Å². The minimum atomic E-state index is -0.993. The zero-order valence-electron chi connectivity index (χ0n) is 7.33. The fourth-order valence-corrected chi connectivity index (χ4v) is 0.440. The molecule has 0 atom stereocenters. The third-order valence-electron chi connectivity index (χ3n) is 0.909. The number of hydrogen-bond acceptors (Lipinski definition) is 4. The highest BCUT2D eigenvalue weighted by molar-refractivity contribution is 4.91. The maximum absolute atomic E-state index is 9.19. The summed E-state index contributed by atoms with van der Waals surface area (Å²) in [5, 5.41) is 12.6. The first-order chi connectivity index (χ1) is 5.11. The van der Waals surface area contributed by atoms with Crippen molar-refractivity contribution in [1.82, 2.24) is 10.1 Å². The highest BCUT2D eigenvalue weighted by Gasteiger charge is 2.20. The summed E-state index contributed by atoms with van der Waals surface area (Å²) >= 11 is 0. The lowest BCUT2D eigenvalue weighted by Gasteiger charge is -2.09. The molecule has 0 saturated carbocycles. The molecule has 4 heteroatoms. The van der Waals surface area contributed by atoms with Crippen LogP contribution in [0.4, 0.5) is 0 Å². The lowest BCUT2D eigenvalue weighted by molar-refractivity contribution is 0.0661. The van der Waals surface area contributed by atoms with E-state index in [0.717, 1.165) is 0 Å².